The molecule has 0 unspecified atom stereocenters. The van der Waals surface area contributed by atoms with Crippen LogP contribution in [-0.4, -0.2) is 5.78 Å². The molecule has 0 aliphatic carbocycles. The minimum absolute atomic E-state index is 0.250. The molecule has 0 heterocycles. The molecule has 1 heteroatoms. The first-order valence-electron chi connectivity index (χ1n) is 6.34. The van der Waals surface area contributed by atoms with Gasteiger partial charge in [-0.3, -0.25) is 0 Å². The molecule has 2 rings (SSSR count). The van der Waals surface area contributed by atoms with E-state index >= 15 is 0 Å². The minimum atomic E-state index is 0.250. The van der Waals surface area contributed by atoms with Crippen LogP contribution in [0, 0.1) is 0 Å². The second-order valence-corrected chi connectivity index (χ2v) is 4.70. The summed E-state index contributed by atoms with van der Waals surface area (Å²) in [5.41, 5.74) is 2.53. The zero-order valence-electron chi connectivity index (χ0n) is 10.7. The van der Waals surface area contributed by atoms with Gasteiger partial charge in [0.15, 0.2) is 0 Å². The first-order valence-corrected chi connectivity index (χ1v) is 6.34. The number of Topliss-reactive ketones (excluding diaryl/α,β-unsaturated/α-hetero) is 1. The van der Waals surface area contributed by atoms with E-state index in [1.54, 1.807) is 6.92 Å². The largest absolute Gasteiger partial charge is 0.300 e. The van der Waals surface area contributed by atoms with Crippen LogP contribution in [0.1, 0.15) is 30.4 Å². The summed E-state index contributed by atoms with van der Waals surface area (Å²) in [6.07, 6.45) is 1.53. The average Bonchev–Trinajstić information content (AvgIpc) is 2.40. The molecule has 0 bridgehead atoms. The Balaban J connectivity index is 2.18. The smallest absolute Gasteiger partial charge is 0.130 e. The van der Waals surface area contributed by atoms with Gasteiger partial charge in [-0.15, -0.1) is 0 Å². The zero-order chi connectivity index (χ0) is 12.8. The summed E-state index contributed by atoms with van der Waals surface area (Å²) in [6, 6.07) is 20.7. The van der Waals surface area contributed by atoms with Crippen molar-refractivity contribution in [2.75, 3.05) is 0 Å². The minimum Gasteiger partial charge on any atom is -0.300 e. The number of benzene rings is 2. The van der Waals surface area contributed by atoms with Crippen LogP contribution in [0.4, 0.5) is 0 Å². The number of carbonyl (C=O) groups excluding carboxylic acids is 1. The molecule has 0 spiro atoms. The number of rotatable bonds is 5. The fraction of sp³-hybridized carbons (Fsp3) is 0.235. The third-order valence-electron chi connectivity index (χ3n) is 3.13. The Morgan fingerprint density at radius 1 is 0.944 bits per heavy atom. The molecular formula is C17H18O. The van der Waals surface area contributed by atoms with Crippen LogP contribution in [0.15, 0.2) is 60.7 Å². The summed E-state index contributed by atoms with van der Waals surface area (Å²) in [6.45, 7) is 1.67. The summed E-state index contributed by atoms with van der Waals surface area (Å²) in [7, 11) is 0. The molecule has 0 aromatic heterocycles. The van der Waals surface area contributed by atoms with Crippen molar-refractivity contribution in [3.05, 3.63) is 71.8 Å². The molecule has 2 aromatic rings. The second kappa shape index (κ2) is 6.15. The normalized spacial score (nSPS) is 12.1. The summed E-state index contributed by atoms with van der Waals surface area (Å²) >= 11 is 0. The van der Waals surface area contributed by atoms with Crippen molar-refractivity contribution in [2.45, 2.75) is 25.7 Å². The third-order valence-corrected chi connectivity index (χ3v) is 3.13. The van der Waals surface area contributed by atoms with Gasteiger partial charge in [0.25, 0.3) is 0 Å². The monoisotopic (exact) mass is 238 g/mol. The fourth-order valence-electron chi connectivity index (χ4n) is 2.28. The van der Waals surface area contributed by atoms with Gasteiger partial charge >= 0.3 is 0 Å². The lowest BCUT2D eigenvalue weighted by atomic mass is 9.88. The van der Waals surface area contributed by atoms with E-state index in [1.807, 2.05) is 36.4 Å². The summed E-state index contributed by atoms with van der Waals surface area (Å²) in [5, 5.41) is 0. The van der Waals surface area contributed by atoms with Crippen LogP contribution in [0.2, 0.25) is 0 Å². The highest BCUT2D eigenvalue weighted by Gasteiger charge is 2.14. The van der Waals surface area contributed by atoms with E-state index in [4.69, 9.17) is 0 Å². The Morgan fingerprint density at radius 3 is 2.06 bits per heavy atom. The van der Waals surface area contributed by atoms with Gasteiger partial charge in [-0.05, 0) is 30.4 Å². The fourth-order valence-corrected chi connectivity index (χ4v) is 2.28. The first kappa shape index (κ1) is 12.6. The molecule has 0 saturated heterocycles. The Bertz CT molecular complexity index is 488. The first-order chi connectivity index (χ1) is 8.75. The molecule has 0 aliphatic heterocycles. The van der Waals surface area contributed by atoms with Gasteiger partial charge in [0.05, 0.1) is 0 Å². The summed E-state index contributed by atoms with van der Waals surface area (Å²) in [5.74, 6) is 0.533. The number of hydrogen-bond acceptors (Lipinski definition) is 1. The molecule has 0 saturated carbocycles. The van der Waals surface area contributed by atoms with Crippen molar-refractivity contribution in [1.82, 2.24) is 0 Å². The van der Waals surface area contributed by atoms with E-state index < -0.39 is 0 Å². The van der Waals surface area contributed by atoms with Crippen molar-refractivity contribution in [2.24, 2.45) is 0 Å². The maximum Gasteiger partial charge on any atom is 0.130 e. The molecule has 0 fully saturated rings. The van der Waals surface area contributed by atoms with Crippen LogP contribution >= 0.6 is 0 Å². The molecule has 0 aliphatic rings. The van der Waals surface area contributed by atoms with Gasteiger partial charge in [0, 0.05) is 6.42 Å². The average molecular weight is 238 g/mol. The van der Waals surface area contributed by atoms with Crippen molar-refractivity contribution in [1.29, 1.82) is 0 Å². The standard InChI is InChI=1S/C17H18O/c1-14(18)12-17(16-10-6-3-7-11-16)13-15-8-4-2-5-9-15/h2-11,17H,12-13H2,1H3/t17-/m1/s1. The molecule has 2 aromatic carbocycles. The predicted molar refractivity (Wildman–Crippen MR) is 74.6 cm³/mol. The Morgan fingerprint density at radius 2 is 1.50 bits per heavy atom. The molecule has 92 valence electrons. The van der Waals surface area contributed by atoms with Gasteiger partial charge in [0.2, 0.25) is 0 Å². The van der Waals surface area contributed by atoms with Gasteiger partial charge < -0.3 is 4.79 Å². The number of carbonyl (C=O) groups is 1. The Kier molecular flexibility index (Phi) is 4.30. The van der Waals surface area contributed by atoms with Gasteiger partial charge in [-0.1, -0.05) is 60.7 Å². The van der Waals surface area contributed by atoms with Crippen molar-refractivity contribution >= 4 is 5.78 Å². The predicted octanol–water partition coefficient (Wildman–Crippen LogP) is 3.99. The highest BCUT2D eigenvalue weighted by molar-refractivity contribution is 5.76. The van der Waals surface area contributed by atoms with E-state index in [2.05, 4.69) is 24.3 Å². The zero-order valence-corrected chi connectivity index (χ0v) is 10.7. The number of ketones is 1. The van der Waals surface area contributed by atoms with E-state index in [0.717, 1.165) is 6.42 Å². The van der Waals surface area contributed by atoms with Crippen molar-refractivity contribution in [3.8, 4) is 0 Å². The van der Waals surface area contributed by atoms with Gasteiger partial charge in [-0.2, -0.15) is 0 Å². The van der Waals surface area contributed by atoms with Crippen molar-refractivity contribution in [3.63, 3.8) is 0 Å². The summed E-state index contributed by atoms with van der Waals surface area (Å²) in [4.78, 5) is 11.4. The topological polar surface area (TPSA) is 17.1 Å². The maximum absolute atomic E-state index is 11.4. The quantitative estimate of drug-likeness (QED) is 0.769. The van der Waals surface area contributed by atoms with E-state index in [-0.39, 0.29) is 11.7 Å². The van der Waals surface area contributed by atoms with Crippen LogP contribution < -0.4 is 0 Å². The molecular weight excluding hydrogens is 220 g/mol. The molecule has 0 radical (unpaired) electrons. The molecule has 0 N–H and O–H groups in total. The van der Waals surface area contributed by atoms with E-state index in [0.29, 0.717) is 6.42 Å². The lowest BCUT2D eigenvalue weighted by Gasteiger charge is -2.16. The van der Waals surface area contributed by atoms with Crippen molar-refractivity contribution < 1.29 is 4.79 Å². The van der Waals surface area contributed by atoms with Gasteiger partial charge in [-0.25, -0.2) is 0 Å². The van der Waals surface area contributed by atoms with Crippen LogP contribution in [0.5, 0.6) is 0 Å². The van der Waals surface area contributed by atoms with Gasteiger partial charge in [0.1, 0.15) is 5.78 Å². The SMILES string of the molecule is CC(=O)C[C@H](Cc1ccccc1)c1ccccc1. The highest BCUT2D eigenvalue weighted by atomic mass is 16.1. The van der Waals surface area contributed by atoms with E-state index in [9.17, 15) is 4.79 Å². The maximum atomic E-state index is 11.4. The summed E-state index contributed by atoms with van der Waals surface area (Å²) < 4.78 is 0. The van der Waals surface area contributed by atoms with Crippen LogP contribution in [0.25, 0.3) is 0 Å². The van der Waals surface area contributed by atoms with Crippen LogP contribution in [0.3, 0.4) is 0 Å². The van der Waals surface area contributed by atoms with E-state index in [1.165, 1.54) is 11.1 Å². The Labute approximate surface area is 108 Å². The molecule has 0 amide bonds. The highest BCUT2D eigenvalue weighted by Crippen LogP contribution is 2.24. The third kappa shape index (κ3) is 3.56. The lowest BCUT2D eigenvalue weighted by molar-refractivity contribution is -0.117. The Hall–Kier alpha value is -1.89. The number of hydrogen-bond donors (Lipinski definition) is 0. The molecule has 1 nitrogen and oxygen atoms in total. The van der Waals surface area contributed by atoms with Crippen LogP contribution in [-0.2, 0) is 11.2 Å². The second-order valence-electron chi connectivity index (χ2n) is 4.70. The molecule has 1 atom stereocenters. The molecule has 18 heavy (non-hydrogen) atoms. The lowest BCUT2D eigenvalue weighted by Crippen LogP contribution is -2.07.